The number of aromatic hydroxyl groups is 2. The zero-order chi connectivity index (χ0) is 33.1. The molecule has 45 heavy (non-hydrogen) atoms. The molecule has 0 aromatic heterocycles. The van der Waals surface area contributed by atoms with Crippen LogP contribution in [-0.4, -0.2) is 105 Å². The smallest absolute Gasteiger partial charge is 0.323 e. The maximum absolute atomic E-state index is 15.8. The van der Waals surface area contributed by atoms with Crippen molar-refractivity contribution < 1.29 is 68.0 Å². The predicted molar refractivity (Wildman–Crippen MR) is 148 cm³/mol. The summed E-state index contributed by atoms with van der Waals surface area (Å²) in [6.07, 6.45) is -12.2. The summed E-state index contributed by atoms with van der Waals surface area (Å²) in [4.78, 5) is 52.2. The van der Waals surface area contributed by atoms with Gasteiger partial charge in [-0.2, -0.15) is 0 Å². The van der Waals surface area contributed by atoms with Gasteiger partial charge < -0.3 is 50.2 Å². The third-order valence-electron chi connectivity index (χ3n) is 8.40. The number of esters is 1. The van der Waals surface area contributed by atoms with E-state index in [9.17, 15) is 44.7 Å². The number of carbonyl (C=O) groups excluding carboxylic acids is 4. The minimum absolute atomic E-state index is 0.0136. The van der Waals surface area contributed by atoms with Gasteiger partial charge in [-0.25, -0.2) is 4.39 Å². The highest BCUT2D eigenvalue weighted by Gasteiger charge is 2.53. The summed E-state index contributed by atoms with van der Waals surface area (Å²) >= 11 is 0. The Bertz CT molecular complexity index is 1590. The van der Waals surface area contributed by atoms with E-state index in [1.165, 1.54) is 39.2 Å². The van der Waals surface area contributed by atoms with E-state index in [0.29, 0.717) is 0 Å². The van der Waals surface area contributed by atoms with Crippen molar-refractivity contribution in [2.45, 2.75) is 75.2 Å². The molecule has 5 rings (SSSR count). The Kier molecular flexibility index (Phi) is 8.46. The van der Waals surface area contributed by atoms with Crippen LogP contribution in [-0.2, 0) is 30.2 Å². The number of ketones is 3. The number of nitrogens with two attached hydrogens (primary N) is 1. The van der Waals surface area contributed by atoms with Gasteiger partial charge in [-0.15, -0.1) is 0 Å². The molecule has 1 saturated heterocycles. The first-order valence-corrected chi connectivity index (χ1v) is 14.0. The first kappa shape index (κ1) is 32.4. The van der Waals surface area contributed by atoms with Crippen LogP contribution in [0.3, 0.4) is 0 Å². The molecule has 0 bridgehead atoms. The number of methoxy groups -OCH3 is 1. The number of halogens is 1. The summed E-state index contributed by atoms with van der Waals surface area (Å²) < 4.78 is 37.4. The van der Waals surface area contributed by atoms with Gasteiger partial charge in [0.05, 0.1) is 36.0 Å². The van der Waals surface area contributed by atoms with Gasteiger partial charge in [0.1, 0.15) is 41.6 Å². The maximum atomic E-state index is 15.8. The molecule has 2 aromatic rings. The predicted octanol–water partition coefficient (Wildman–Crippen LogP) is -0.119. The van der Waals surface area contributed by atoms with Crippen LogP contribution < -0.4 is 10.5 Å². The minimum atomic E-state index is -2.46. The van der Waals surface area contributed by atoms with Crippen LogP contribution in [0.1, 0.15) is 69.3 Å². The topological polar surface area (TPSA) is 232 Å². The van der Waals surface area contributed by atoms with Crippen LogP contribution >= 0.6 is 0 Å². The Balaban J connectivity index is 1.64. The van der Waals surface area contributed by atoms with Crippen LogP contribution in [0.25, 0.3) is 0 Å². The Morgan fingerprint density at radius 1 is 1.16 bits per heavy atom. The summed E-state index contributed by atoms with van der Waals surface area (Å²) in [5, 5.41) is 54.4. The standard InChI is InChI=1S/C30H32FNO13/c1-10(32)28(40)45-27-21(31)29(43-11(2)22(27)35)44-15-8-30(41,16(34)9-33)7-13-18(15)26(39)20-19(24(13)37)23(36)12-5-4-6-14(42-3)17(12)25(20)38/h4-6,10-11,15,21-22,27,29,33,35,37,39,41H,7-9,32H2,1-3H3/t10-,11-,15-,21+,22+,27-,29-,30-/m0/s1. The number of ether oxygens (including phenoxy) is 4. The second-order valence-corrected chi connectivity index (χ2v) is 11.3. The van der Waals surface area contributed by atoms with E-state index in [4.69, 9.17) is 24.7 Å². The van der Waals surface area contributed by atoms with E-state index in [2.05, 4.69) is 0 Å². The number of benzene rings is 2. The molecule has 1 fully saturated rings. The number of phenolic OH excluding ortho intramolecular Hbond substituents is 2. The maximum Gasteiger partial charge on any atom is 0.323 e. The van der Waals surface area contributed by atoms with Crippen molar-refractivity contribution in [2.75, 3.05) is 13.7 Å². The SMILES string of the molecule is COc1cccc2c1C(=O)c1c(O)c3c(c(O)c1C2=O)C[C@@](O)(C(=O)CO)C[C@@H]3O[C@@H]1O[C@@H](C)[C@@H](O)[C@@H](OC(=O)[C@H](C)N)[C@H]1F. The zero-order valence-corrected chi connectivity index (χ0v) is 24.4. The van der Waals surface area contributed by atoms with E-state index < -0.39 is 114 Å². The normalized spacial score (nSPS) is 29.7. The summed E-state index contributed by atoms with van der Waals surface area (Å²) in [6.45, 7) is 1.46. The summed E-state index contributed by atoms with van der Waals surface area (Å²) in [5.74, 6) is -5.60. The van der Waals surface area contributed by atoms with Gasteiger partial charge in [0.15, 0.2) is 30.1 Å². The highest BCUT2D eigenvalue weighted by atomic mass is 19.1. The number of hydrogen-bond acceptors (Lipinski definition) is 14. The van der Waals surface area contributed by atoms with Gasteiger partial charge >= 0.3 is 5.97 Å². The number of fused-ring (bicyclic) bond motifs is 3. The molecule has 2 aromatic carbocycles. The second-order valence-electron chi connectivity index (χ2n) is 11.3. The highest BCUT2D eigenvalue weighted by Crippen LogP contribution is 2.52. The van der Waals surface area contributed by atoms with Crippen molar-refractivity contribution in [2.24, 2.45) is 5.73 Å². The van der Waals surface area contributed by atoms with E-state index in [1.807, 2.05) is 0 Å². The number of aliphatic hydroxyl groups excluding tert-OH is 2. The molecule has 0 amide bonds. The molecule has 1 aliphatic heterocycles. The van der Waals surface area contributed by atoms with Crippen LogP contribution in [0, 0.1) is 0 Å². The van der Waals surface area contributed by atoms with E-state index in [-0.39, 0.29) is 28.0 Å². The third-order valence-corrected chi connectivity index (χ3v) is 8.40. The van der Waals surface area contributed by atoms with Crippen LogP contribution in [0.4, 0.5) is 4.39 Å². The van der Waals surface area contributed by atoms with Gasteiger partial charge in [-0.1, -0.05) is 12.1 Å². The lowest BCUT2D eigenvalue weighted by Gasteiger charge is -2.43. The van der Waals surface area contributed by atoms with Crippen LogP contribution in [0.5, 0.6) is 17.2 Å². The monoisotopic (exact) mass is 633 g/mol. The molecule has 15 heteroatoms. The lowest BCUT2D eigenvalue weighted by molar-refractivity contribution is -0.297. The molecule has 7 N–H and O–H groups in total. The number of rotatable bonds is 7. The molecule has 0 saturated carbocycles. The quantitative estimate of drug-likeness (QED) is 0.147. The summed E-state index contributed by atoms with van der Waals surface area (Å²) in [5.41, 5.74) is 0.772. The number of aliphatic hydroxyl groups is 3. The van der Waals surface area contributed by atoms with Gasteiger partial charge in [-0.05, 0) is 19.9 Å². The first-order chi connectivity index (χ1) is 21.2. The number of phenols is 2. The molecule has 242 valence electrons. The minimum Gasteiger partial charge on any atom is -0.507 e. The van der Waals surface area contributed by atoms with Crippen molar-refractivity contribution >= 4 is 23.3 Å². The molecule has 2 aliphatic carbocycles. The lowest BCUT2D eigenvalue weighted by Crippen LogP contribution is -2.58. The Morgan fingerprint density at radius 3 is 2.44 bits per heavy atom. The first-order valence-electron chi connectivity index (χ1n) is 14.0. The molecule has 0 spiro atoms. The lowest BCUT2D eigenvalue weighted by atomic mass is 9.72. The Hall–Kier alpha value is -3.99. The molecule has 3 aliphatic rings. The molecule has 0 radical (unpaired) electrons. The summed E-state index contributed by atoms with van der Waals surface area (Å²) in [6, 6.07) is 3.02. The van der Waals surface area contributed by atoms with Crippen molar-refractivity contribution in [3.63, 3.8) is 0 Å². The second kappa shape index (κ2) is 11.7. The van der Waals surface area contributed by atoms with Crippen LogP contribution in [0.15, 0.2) is 18.2 Å². The van der Waals surface area contributed by atoms with Gasteiger partial charge in [0.25, 0.3) is 0 Å². The highest BCUT2D eigenvalue weighted by molar-refractivity contribution is 6.31. The van der Waals surface area contributed by atoms with E-state index >= 15 is 4.39 Å². The van der Waals surface area contributed by atoms with E-state index in [0.717, 1.165) is 0 Å². The number of carbonyl (C=O) groups is 4. The average molecular weight is 634 g/mol. The fourth-order valence-electron chi connectivity index (χ4n) is 6.02. The number of hydrogen-bond donors (Lipinski definition) is 6. The molecule has 0 unspecified atom stereocenters. The van der Waals surface area contributed by atoms with Crippen molar-refractivity contribution in [3.05, 3.63) is 51.6 Å². The Labute approximate surface area is 255 Å². The molecular weight excluding hydrogens is 601 g/mol. The third kappa shape index (κ3) is 5.14. The number of alkyl halides is 1. The van der Waals surface area contributed by atoms with E-state index in [1.54, 1.807) is 0 Å². The molecular formula is C30H32FNO13. The number of Topliss-reactive ketones (excluding diaryl/α,β-unsaturated/α-hetero) is 1. The Morgan fingerprint density at radius 2 is 1.82 bits per heavy atom. The largest absolute Gasteiger partial charge is 0.507 e. The van der Waals surface area contributed by atoms with Crippen molar-refractivity contribution in [1.29, 1.82) is 0 Å². The fourth-order valence-corrected chi connectivity index (χ4v) is 6.02. The fraction of sp³-hybridized carbons (Fsp3) is 0.467. The van der Waals surface area contributed by atoms with Crippen molar-refractivity contribution in [3.8, 4) is 17.2 Å². The summed E-state index contributed by atoms with van der Waals surface area (Å²) in [7, 11) is 1.27. The molecule has 8 atom stereocenters. The van der Waals surface area contributed by atoms with Gasteiger partial charge in [-0.3, -0.25) is 19.2 Å². The average Bonchev–Trinajstić information content (AvgIpc) is 3.01. The molecule has 14 nitrogen and oxygen atoms in total. The zero-order valence-electron chi connectivity index (χ0n) is 24.4. The van der Waals surface area contributed by atoms with Crippen molar-refractivity contribution in [1.82, 2.24) is 0 Å². The van der Waals surface area contributed by atoms with Crippen LogP contribution in [0.2, 0.25) is 0 Å². The molecule has 1 heterocycles. The van der Waals surface area contributed by atoms with Gasteiger partial charge in [0.2, 0.25) is 5.78 Å². The van der Waals surface area contributed by atoms with Gasteiger partial charge in [0, 0.05) is 29.5 Å².